The van der Waals surface area contributed by atoms with E-state index in [-0.39, 0.29) is 18.0 Å². The van der Waals surface area contributed by atoms with Crippen LogP contribution in [0.15, 0.2) is 18.2 Å². The Morgan fingerprint density at radius 2 is 2.21 bits per heavy atom. The van der Waals surface area contributed by atoms with Crippen molar-refractivity contribution in [2.75, 3.05) is 5.32 Å². The summed E-state index contributed by atoms with van der Waals surface area (Å²) in [5.41, 5.74) is 1.79. The minimum absolute atomic E-state index is 0.0931. The average molecular weight is 195 g/mol. The zero-order valence-corrected chi connectivity index (χ0v) is 8.13. The SMILES string of the molecule is Cc1ccc(F)cc1N[C@@H]1CC[C@H]1O. The van der Waals surface area contributed by atoms with Gasteiger partial charge in [0.05, 0.1) is 12.1 Å². The molecule has 14 heavy (non-hydrogen) atoms. The zero-order chi connectivity index (χ0) is 10.1. The number of nitrogens with one attached hydrogen (secondary N) is 1. The normalized spacial score (nSPS) is 25.6. The summed E-state index contributed by atoms with van der Waals surface area (Å²) in [6.07, 6.45) is 1.51. The van der Waals surface area contributed by atoms with Crippen molar-refractivity contribution in [2.24, 2.45) is 0 Å². The predicted molar refractivity (Wildman–Crippen MR) is 53.8 cm³/mol. The van der Waals surface area contributed by atoms with Crippen LogP contribution in [0.1, 0.15) is 18.4 Å². The molecule has 1 aliphatic rings. The summed E-state index contributed by atoms with van der Waals surface area (Å²) in [6, 6.07) is 4.75. The second-order valence-electron chi connectivity index (χ2n) is 3.85. The molecule has 1 aliphatic carbocycles. The van der Waals surface area contributed by atoms with E-state index in [2.05, 4.69) is 5.32 Å². The van der Waals surface area contributed by atoms with Gasteiger partial charge in [0.1, 0.15) is 5.82 Å². The van der Waals surface area contributed by atoms with Crippen LogP contribution in [0.3, 0.4) is 0 Å². The summed E-state index contributed by atoms with van der Waals surface area (Å²) >= 11 is 0. The number of aliphatic hydroxyl groups excluding tert-OH is 1. The fourth-order valence-corrected chi connectivity index (χ4v) is 1.60. The first kappa shape index (κ1) is 9.46. The monoisotopic (exact) mass is 195 g/mol. The summed E-state index contributed by atoms with van der Waals surface area (Å²) < 4.78 is 12.9. The Morgan fingerprint density at radius 1 is 1.43 bits per heavy atom. The highest BCUT2D eigenvalue weighted by atomic mass is 19.1. The van der Waals surface area contributed by atoms with Gasteiger partial charge in [-0.1, -0.05) is 6.07 Å². The summed E-state index contributed by atoms with van der Waals surface area (Å²) in [6.45, 7) is 1.92. The van der Waals surface area contributed by atoms with E-state index < -0.39 is 0 Å². The van der Waals surface area contributed by atoms with E-state index in [4.69, 9.17) is 0 Å². The number of hydrogen-bond donors (Lipinski definition) is 2. The van der Waals surface area contributed by atoms with Crippen molar-refractivity contribution < 1.29 is 9.50 Å². The fraction of sp³-hybridized carbons (Fsp3) is 0.455. The van der Waals surface area contributed by atoms with Gasteiger partial charge in [0.15, 0.2) is 0 Å². The second-order valence-corrected chi connectivity index (χ2v) is 3.85. The van der Waals surface area contributed by atoms with E-state index in [1.807, 2.05) is 6.92 Å². The molecule has 0 radical (unpaired) electrons. The number of aryl methyl sites for hydroxylation is 1. The number of benzene rings is 1. The van der Waals surface area contributed by atoms with Crippen LogP contribution in [0.4, 0.5) is 10.1 Å². The molecule has 1 fully saturated rings. The van der Waals surface area contributed by atoms with Gasteiger partial charge < -0.3 is 10.4 Å². The number of hydrogen-bond acceptors (Lipinski definition) is 2. The molecular weight excluding hydrogens is 181 g/mol. The Morgan fingerprint density at radius 3 is 2.79 bits per heavy atom. The van der Waals surface area contributed by atoms with Gasteiger partial charge in [0.25, 0.3) is 0 Å². The van der Waals surface area contributed by atoms with E-state index in [0.717, 1.165) is 24.1 Å². The highest BCUT2D eigenvalue weighted by Gasteiger charge is 2.28. The molecule has 0 unspecified atom stereocenters. The van der Waals surface area contributed by atoms with Crippen LogP contribution in [0, 0.1) is 12.7 Å². The Hall–Kier alpha value is -1.09. The third kappa shape index (κ3) is 1.73. The maximum atomic E-state index is 12.9. The van der Waals surface area contributed by atoms with E-state index in [1.165, 1.54) is 12.1 Å². The van der Waals surface area contributed by atoms with Gasteiger partial charge in [0, 0.05) is 5.69 Å². The van der Waals surface area contributed by atoms with Crippen LogP contribution in [0.25, 0.3) is 0 Å². The molecule has 0 saturated heterocycles. The Bertz CT molecular complexity index is 340. The molecular formula is C11H14FNO. The third-order valence-corrected chi connectivity index (χ3v) is 2.78. The van der Waals surface area contributed by atoms with Crippen molar-refractivity contribution in [1.29, 1.82) is 0 Å². The average Bonchev–Trinajstić information content (AvgIpc) is 2.17. The minimum atomic E-state index is -0.280. The molecule has 1 aromatic carbocycles. The van der Waals surface area contributed by atoms with Crippen molar-refractivity contribution in [1.82, 2.24) is 0 Å². The zero-order valence-electron chi connectivity index (χ0n) is 8.13. The molecule has 3 heteroatoms. The Labute approximate surface area is 82.8 Å². The third-order valence-electron chi connectivity index (χ3n) is 2.78. The highest BCUT2D eigenvalue weighted by molar-refractivity contribution is 5.51. The summed E-state index contributed by atoms with van der Waals surface area (Å²) in [5, 5.41) is 12.5. The first-order valence-corrected chi connectivity index (χ1v) is 4.87. The van der Waals surface area contributed by atoms with Gasteiger partial charge in [-0.3, -0.25) is 0 Å². The Kier molecular flexibility index (Phi) is 2.42. The maximum Gasteiger partial charge on any atom is 0.125 e. The first-order valence-electron chi connectivity index (χ1n) is 4.87. The first-order chi connectivity index (χ1) is 6.66. The highest BCUT2D eigenvalue weighted by Crippen LogP contribution is 2.26. The van der Waals surface area contributed by atoms with Crippen LogP contribution in [0.2, 0.25) is 0 Å². The summed E-state index contributed by atoms with van der Waals surface area (Å²) in [7, 11) is 0. The Balaban J connectivity index is 2.11. The number of rotatable bonds is 2. The van der Waals surface area contributed by atoms with Crippen molar-refractivity contribution >= 4 is 5.69 Å². The van der Waals surface area contributed by atoms with Crippen LogP contribution >= 0.6 is 0 Å². The second kappa shape index (κ2) is 3.58. The number of anilines is 1. The standard InChI is InChI=1S/C11H14FNO/c1-7-2-3-8(12)6-10(7)13-9-4-5-11(9)14/h2-3,6,9,11,13-14H,4-5H2,1H3/t9-,11-/m1/s1. The van der Waals surface area contributed by atoms with Crippen molar-refractivity contribution in [2.45, 2.75) is 31.9 Å². The molecule has 0 aliphatic heterocycles. The molecule has 0 amide bonds. The quantitative estimate of drug-likeness (QED) is 0.757. The van der Waals surface area contributed by atoms with Gasteiger partial charge in [-0.15, -0.1) is 0 Å². The van der Waals surface area contributed by atoms with Crippen LogP contribution in [0.5, 0.6) is 0 Å². The van der Waals surface area contributed by atoms with E-state index in [9.17, 15) is 9.50 Å². The topological polar surface area (TPSA) is 32.3 Å². The van der Waals surface area contributed by atoms with E-state index in [1.54, 1.807) is 6.07 Å². The van der Waals surface area contributed by atoms with Crippen LogP contribution in [-0.4, -0.2) is 17.3 Å². The van der Waals surface area contributed by atoms with Crippen LogP contribution < -0.4 is 5.32 Å². The lowest BCUT2D eigenvalue weighted by Gasteiger charge is -2.34. The van der Waals surface area contributed by atoms with Crippen molar-refractivity contribution in [3.63, 3.8) is 0 Å². The van der Waals surface area contributed by atoms with Gasteiger partial charge in [-0.05, 0) is 37.5 Å². The molecule has 1 aromatic rings. The molecule has 76 valence electrons. The lowest BCUT2D eigenvalue weighted by Crippen LogP contribution is -2.42. The largest absolute Gasteiger partial charge is 0.391 e. The van der Waals surface area contributed by atoms with Gasteiger partial charge in [-0.25, -0.2) is 4.39 Å². The summed E-state index contributed by atoms with van der Waals surface area (Å²) in [5.74, 6) is -0.244. The molecule has 0 spiro atoms. The van der Waals surface area contributed by atoms with Gasteiger partial charge in [-0.2, -0.15) is 0 Å². The van der Waals surface area contributed by atoms with Crippen LogP contribution in [-0.2, 0) is 0 Å². The molecule has 2 nitrogen and oxygen atoms in total. The molecule has 2 atom stereocenters. The molecule has 2 N–H and O–H groups in total. The molecule has 0 bridgehead atoms. The molecule has 2 rings (SSSR count). The lowest BCUT2D eigenvalue weighted by molar-refractivity contribution is 0.0786. The molecule has 0 aromatic heterocycles. The van der Waals surface area contributed by atoms with Gasteiger partial charge in [0.2, 0.25) is 0 Å². The van der Waals surface area contributed by atoms with E-state index >= 15 is 0 Å². The molecule has 1 saturated carbocycles. The van der Waals surface area contributed by atoms with Gasteiger partial charge >= 0.3 is 0 Å². The van der Waals surface area contributed by atoms with E-state index in [0.29, 0.717) is 0 Å². The maximum absolute atomic E-state index is 12.9. The minimum Gasteiger partial charge on any atom is -0.391 e. The lowest BCUT2D eigenvalue weighted by atomic mass is 9.89. The number of aliphatic hydroxyl groups is 1. The van der Waals surface area contributed by atoms with Crippen molar-refractivity contribution in [3.8, 4) is 0 Å². The number of halogens is 1. The molecule has 0 heterocycles. The predicted octanol–water partition coefficient (Wildman–Crippen LogP) is 2.07. The fourth-order valence-electron chi connectivity index (χ4n) is 1.60. The smallest absolute Gasteiger partial charge is 0.125 e. The van der Waals surface area contributed by atoms with Crippen molar-refractivity contribution in [3.05, 3.63) is 29.6 Å². The summed E-state index contributed by atoms with van der Waals surface area (Å²) in [4.78, 5) is 0.